The van der Waals surface area contributed by atoms with E-state index in [2.05, 4.69) is 23.5 Å². The molecule has 0 spiro atoms. The topological polar surface area (TPSA) is 71.3 Å². The molecular weight excluding hydrogens is 448 g/mol. The van der Waals surface area contributed by atoms with E-state index in [9.17, 15) is 14.7 Å². The molecule has 1 heterocycles. The standard InChI is InChI=1S/C31H26N2O3/c1-33-27-19-8-7-16-24(27)30(35)29(31(33)36)28(34)20-10-17-25(22-12-3-2-4-13-22)32-26-18-9-14-21-11-5-6-15-23(21)26/h2-16,18-20,25,32,35H,17H2,1H3/b20-10+. The predicted molar refractivity (Wildman–Crippen MR) is 146 cm³/mol. The number of aromatic nitrogens is 1. The summed E-state index contributed by atoms with van der Waals surface area (Å²) in [5, 5.41) is 17.1. The lowest BCUT2D eigenvalue weighted by Crippen LogP contribution is -2.24. The normalized spacial score (nSPS) is 12.2. The predicted octanol–water partition coefficient (Wildman–Crippen LogP) is 6.38. The van der Waals surface area contributed by atoms with Gasteiger partial charge in [0.25, 0.3) is 5.56 Å². The summed E-state index contributed by atoms with van der Waals surface area (Å²) >= 11 is 0. The van der Waals surface area contributed by atoms with E-state index in [0.717, 1.165) is 22.0 Å². The number of pyridine rings is 1. The number of benzene rings is 4. The minimum Gasteiger partial charge on any atom is -0.506 e. The summed E-state index contributed by atoms with van der Waals surface area (Å²) in [6, 6.07) is 31.2. The number of nitrogens with zero attached hydrogens (tertiary/aromatic N) is 1. The summed E-state index contributed by atoms with van der Waals surface area (Å²) in [4.78, 5) is 25.9. The number of rotatable bonds is 7. The van der Waals surface area contributed by atoms with Gasteiger partial charge in [-0.3, -0.25) is 9.59 Å². The third-order valence-electron chi connectivity index (χ3n) is 6.48. The summed E-state index contributed by atoms with van der Waals surface area (Å²) in [5.41, 5.74) is 1.92. The molecule has 0 saturated heterocycles. The molecule has 1 atom stereocenters. The Bertz CT molecular complexity index is 1650. The molecule has 5 rings (SSSR count). The average Bonchev–Trinajstić information content (AvgIpc) is 2.92. The number of aryl methyl sites for hydroxylation is 1. The number of ketones is 1. The number of carbonyl (C=O) groups is 1. The van der Waals surface area contributed by atoms with Crippen molar-refractivity contribution in [3.8, 4) is 5.75 Å². The smallest absolute Gasteiger partial charge is 0.265 e. The van der Waals surface area contributed by atoms with Crippen LogP contribution in [-0.2, 0) is 7.05 Å². The van der Waals surface area contributed by atoms with E-state index < -0.39 is 11.3 Å². The molecule has 0 aliphatic carbocycles. The van der Waals surface area contributed by atoms with Crippen LogP contribution in [0.15, 0.2) is 114 Å². The second-order valence-corrected chi connectivity index (χ2v) is 8.74. The number of hydrogen-bond donors (Lipinski definition) is 2. The van der Waals surface area contributed by atoms with E-state index in [0.29, 0.717) is 17.3 Å². The zero-order valence-electron chi connectivity index (χ0n) is 19.9. The number of para-hydroxylation sites is 1. The molecular formula is C31H26N2O3. The van der Waals surface area contributed by atoms with Crippen molar-refractivity contribution in [2.24, 2.45) is 7.05 Å². The van der Waals surface area contributed by atoms with Crippen LogP contribution in [0.2, 0.25) is 0 Å². The lowest BCUT2D eigenvalue weighted by molar-refractivity contribution is 0.104. The Kier molecular flexibility index (Phi) is 6.37. The number of allylic oxidation sites excluding steroid dienone is 1. The Hall–Kier alpha value is -4.64. The first-order chi connectivity index (χ1) is 17.5. The Morgan fingerprint density at radius 3 is 2.36 bits per heavy atom. The van der Waals surface area contributed by atoms with E-state index in [4.69, 9.17) is 0 Å². The molecule has 5 heteroatoms. The zero-order chi connectivity index (χ0) is 25.1. The second kappa shape index (κ2) is 9.92. The minimum atomic E-state index is -0.519. The van der Waals surface area contributed by atoms with Crippen LogP contribution >= 0.6 is 0 Å². The summed E-state index contributed by atoms with van der Waals surface area (Å²) in [6.45, 7) is 0. The number of anilines is 1. The number of carbonyl (C=O) groups excluding carboxylic acids is 1. The van der Waals surface area contributed by atoms with Gasteiger partial charge in [-0.25, -0.2) is 0 Å². The van der Waals surface area contributed by atoms with Gasteiger partial charge in [0.05, 0.1) is 11.6 Å². The third kappa shape index (κ3) is 4.39. The molecule has 0 radical (unpaired) electrons. The van der Waals surface area contributed by atoms with Gasteiger partial charge in [0.2, 0.25) is 0 Å². The maximum absolute atomic E-state index is 13.1. The number of hydrogen-bond acceptors (Lipinski definition) is 4. The maximum Gasteiger partial charge on any atom is 0.265 e. The Morgan fingerprint density at radius 2 is 1.56 bits per heavy atom. The quantitative estimate of drug-likeness (QED) is 0.212. The highest BCUT2D eigenvalue weighted by Gasteiger charge is 2.19. The number of nitrogens with one attached hydrogen (secondary N) is 1. The average molecular weight is 475 g/mol. The highest BCUT2D eigenvalue weighted by atomic mass is 16.3. The van der Waals surface area contributed by atoms with E-state index >= 15 is 0 Å². The third-order valence-corrected chi connectivity index (χ3v) is 6.48. The summed E-state index contributed by atoms with van der Waals surface area (Å²) in [6.07, 6.45) is 3.64. The van der Waals surface area contributed by atoms with Gasteiger partial charge in [0, 0.05) is 23.5 Å². The van der Waals surface area contributed by atoms with Gasteiger partial charge >= 0.3 is 0 Å². The molecule has 0 saturated carbocycles. The summed E-state index contributed by atoms with van der Waals surface area (Å²) in [7, 11) is 1.60. The van der Waals surface area contributed by atoms with Crippen LogP contribution < -0.4 is 10.9 Å². The summed E-state index contributed by atoms with van der Waals surface area (Å²) in [5.74, 6) is -0.798. The van der Waals surface area contributed by atoms with E-state index in [-0.39, 0.29) is 17.4 Å². The molecule has 1 aromatic heterocycles. The largest absolute Gasteiger partial charge is 0.506 e. The Labute approximate surface area is 209 Å². The van der Waals surface area contributed by atoms with Gasteiger partial charge in [0.15, 0.2) is 5.78 Å². The van der Waals surface area contributed by atoms with Crippen molar-refractivity contribution in [2.45, 2.75) is 12.5 Å². The highest BCUT2D eigenvalue weighted by molar-refractivity contribution is 6.09. The number of fused-ring (bicyclic) bond motifs is 2. The van der Waals surface area contributed by atoms with E-state index in [1.165, 1.54) is 10.6 Å². The van der Waals surface area contributed by atoms with Gasteiger partial charge in [-0.05, 0) is 41.6 Å². The van der Waals surface area contributed by atoms with Crippen LogP contribution in [0, 0.1) is 0 Å². The van der Waals surface area contributed by atoms with Crippen LogP contribution in [0.25, 0.3) is 21.7 Å². The van der Waals surface area contributed by atoms with Gasteiger partial charge in [-0.15, -0.1) is 0 Å². The van der Waals surface area contributed by atoms with Crippen molar-refractivity contribution in [3.05, 3.63) is 131 Å². The molecule has 0 aliphatic rings. The van der Waals surface area contributed by atoms with Gasteiger partial charge < -0.3 is 15.0 Å². The molecule has 5 nitrogen and oxygen atoms in total. The minimum absolute atomic E-state index is 0.103. The maximum atomic E-state index is 13.1. The molecule has 4 aromatic carbocycles. The van der Waals surface area contributed by atoms with Crippen LogP contribution in [-0.4, -0.2) is 15.5 Å². The van der Waals surface area contributed by atoms with Crippen molar-refractivity contribution in [3.63, 3.8) is 0 Å². The molecule has 0 bridgehead atoms. The fourth-order valence-corrected chi connectivity index (χ4v) is 4.60. The molecule has 178 valence electrons. The van der Waals surface area contributed by atoms with Crippen LogP contribution in [0.3, 0.4) is 0 Å². The Balaban J connectivity index is 1.45. The lowest BCUT2D eigenvalue weighted by Gasteiger charge is -2.20. The Morgan fingerprint density at radius 1 is 0.889 bits per heavy atom. The monoisotopic (exact) mass is 474 g/mol. The fourth-order valence-electron chi connectivity index (χ4n) is 4.60. The fraction of sp³-hybridized carbons (Fsp3) is 0.0968. The first kappa shape index (κ1) is 23.1. The highest BCUT2D eigenvalue weighted by Crippen LogP contribution is 2.30. The number of aromatic hydroxyl groups is 1. The van der Waals surface area contributed by atoms with Gasteiger partial charge in [-0.2, -0.15) is 0 Å². The molecule has 2 N–H and O–H groups in total. The first-order valence-electron chi connectivity index (χ1n) is 11.9. The molecule has 36 heavy (non-hydrogen) atoms. The summed E-state index contributed by atoms with van der Waals surface area (Å²) < 4.78 is 1.39. The molecule has 1 unspecified atom stereocenters. The van der Waals surface area contributed by atoms with Gasteiger partial charge in [0.1, 0.15) is 11.3 Å². The van der Waals surface area contributed by atoms with Crippen LogP contribution in [0.1, 0.15) is 28.4 Å². The van der Waals surface area contributed by atoms with Crippen molar-refractivity contribution in [1.82, 2.24) is 4.57 Å². The van der Waals surface area contributed by atoms with Gasteiger partial charge in [-0.1, -0.05) is 84.9 Å². The SMILES string of the molecule is Cn1c(=O)c(C(=O)/C=C/CC(Nc2cccc3ccccc23)c2ccccc2)c(O)c2ccccc21. The zero-order valence-corrected chi connectivity index (χ0v) is 19.9. The van der Waals surface area contributed by atoms with Crippen LogP contribution in [0.5, 0.6) is 5.75 Å². The van der Waals surface area contributed by atoms with Crippen molar-refractivity contribution >= 4 is 33.1 Å². The lowest BCUT2D eigenvalue weighted by atomic mass is 10.0. The van der Waals surface area contributed by atoms with Crippen molar-refractivity contribution in [2.75, 3.05) is 5.32 Å². The molecule has 5 aromatic rings. The first-order valence-corrected chi connectivity index (χ1v) is 11.9. The molecule has 0 amide bonds. The van der Waals surface area contributed by atoms with E-state index in [1.54, 1.807) is 37.4 Å². The van der Waals surface area contributed by atoms with E-state index in [1.807, 2.05) is 54.6 Å². The van der Waals surface area contributed by atoms with Crippen LogP contribution in [0.4, 0.5) is 5.69 Å². The second-order valence-electron chi connectivity index (χ2n) is 8.74. The van der Waals surface area contributed by atoms with Crippen molar-refractivity contribution < 1.29 is 9.90 Å². The molecule has 0 fully saturated rings. The van der Waals surface area contributed by atoms with Crippen molar-refractivity contribution in [1.29, 1.82) is 0 Å². The molecule has 0 aliphatic heterocycles.